The lowest BCUT2D eigenvalue weighted by Gasteiger charge is -2.22. The second-order valence-corrected chi connectivity index (χ2v) is 5.69. The van der Waals surface area contributed by atoms with E-state index < -0.39 is 0 Å². The Balaban J connectivity index is 1.99. The lowest BCUT2D eigenvalue weighted by atomic mass is 10.2. The molecule has 1 nitrogen and oxygen atoms in total. The van der Waals surface area contributed by atoms with Crippen molar-refractivity contribution in [2.45, 2.75) is 23.0 Å². The highest BCUT2D eigenvalue weighted by Gasteiger charge is 2.14. The standard InChI is InChI=1S/C11H14BrNS/c12-10-3-1-2-4-11(10)14-9-5-7-13-8-6-9/h1-4,9,13H,5-8H2. The lowest BCUT2D eigenvalue weighted by Crippen LogP contribution is -2.29. The molecule has 14 heavy (non-hydrogen) atoms. The van der Waals surface area contributed by atoms with Crippen LogP contribution in [0.2, 0.25) is 0 Å². The zero-order chi connectivity index (χ0) is 9.80. The van der Waals surface area contributed by atoms with Crippen molar-refractivity contribution < 1.29 is 0 Å². The first-order chi connectivity index (χ1) is 6.86. The molecule has 1 aliphatic heterocycles. The monoisotopic (exact) mass is 271 g/mol. The Morgan fingerprint density at radius 3 is 2.64 bits per heavy atom. The minimum absolute atomic E-state index is 0.787. The molecule has 0 amide bonds. The summed E-state index contributed by atoms with van der Waals surface area (Å²) in [5.74, 6) is 0. The van der Waals surface area contributed by atoms with Crippen molar-refractivity contribution in [3.05, 3.63) is 28.7 Å². The summed E-state index contributed by atoms with van der Waals surface area (Å²) in [6.07, 6.45) is 2.57. The average Bonchev–Trinajstić information content (AvgIpc) is 2.23. The van der Waals surface area contributed by atoms with Crippen LogP contribution in [0.15, 0.2) is 33.6 Å². The molecule has 1 aliphatic rings. The number of piperidine rings is 1. The number of nitrogens with one attached hydrogen (secondary N) is 1. The summed E-state index contributed by atoms with van der Waals surface area (Å²) in [5.41, 5.74) is 0. The molecule has 1 fully saturated rings. The van der Waals surface area contributed by atoms with Gasteiger partial charge in [-0.3, -0.25) is 0 Å². The fraction of sp³-hybridized carbons (Fsp3) is 0.455. The summed E-state index contributed by atoms with van der Waals surface area (Å²) < 4.78 is 1.23. The van der Waals surface area contributed by atoms with Crippen LogP contribution in [-0.2, 0) is 0 Å². The van der Waals surface area contributed by atoms with E-state index in [1.165, 1.54) is 35.3 Å². The Bertz CT molecular complexity index is 297. The van der Waals surface area contributed by atoms with Crippen LogP contribution in [-0.4, -0.2) is 18.3 Å². The third-order valence-electron chi connectivity index (χ3n) is 2.42. The molecule has 1 aromatic rings. The molecule has 76 valence electrons. The summed E-state index contributed by atoms with van der Waals surface area (Å²) in [4.78, 5) is 1.37. The molecule has 0 radical (unpaired) electrons. The average molecular weight is 272 g/mol. The number of thioether (sulfide) groups is 1. The van der Waals surface area contributed by atoms with Gasteiger partial charge in [0.1, 0.15) is 0 Å². The molecule has 3 heteroatoms. The highest BCUT2D eigenvalue weighted by molar-refractivity contribution is 9.10. The maximum Gasteiger partial charge on any atom is 0.0311 e. The topological polar surface area (TPSA) is 12.0 Å². The van der Waals surface area contributed by atoms with Crippen molar-refractivity contribution in [3.8, 4) is 0 Å². The van der Waals surface area contributed by atoms with Gasteiger partial charge in [0.05, 0.1) is 0 Å². The fourth-order valence-corrected chi connectivity index (χ4v) is 3.37. The van der Waals surface area contributed by atoms with Crippen LogP contribution in [0, 0.1) is 0 Å². The number of hydrogen-bond donors (Lipinski definition) is 1. The molecule has 1 saturated heterocycles. The molecule has 0 bridgehead atoms. The van der Waals surface area contributed by atoms with Gasteiger partial charge in [-0.1, -0.05) is 12.1 Å². The highest BCUT2D eigenvalue weighted by Crippen LogP contribution is 2.33. The molecule has 0 aromatic heterocycles. The van der Waals surface area contributed by atoms with Gasteiger partial charge in [-0.05, 0) is 54.0 Å². The molecule has 1 aromatic carbocycles. The summed E-state index contributed by atoms with van der Waals surface area (Å²) in [6.45, 7) is 2.34. The van der Waals surface area contributed by atoms with E-state index in [2.05, 4.69) is 45.5 Å². The quantitative estimate of drug-likeness (QED) is 0.886. The smallest absolute Gasteiger partial charge is 0.0311 e. The highest BCUT2D eigenvalue weighted by atomic mass is 79.9. The van der Waals surface area contributed by atoms with E-state index in [-0.39, 0.29) is 0 Å². The zero-order valence-corrected chi connectivity index (χ0v) is 10.4. The minimum atomic E-state index is 0.787. The molecular weight excluding hydrogens is 258 g/mol. The number of benzene rings is 1. The van der Waals surface area contributed by atoms with Crippen molar-refractivity contribution >= 4 is 27.7 Å². The Morgan fingerprint density at radius 1 is 1.21 bits per heavy atom. The van der Waals surface area contributed by atoms with Gasteiger partial charge < -0.3 is 5.32 Å². The van der Waals surface area contributed by atoms with Crippen LogP contribution >= 0.6 is 27.7 Å². The molecule has 0 saturated carbocycles. The van der Waals surface area contributed by atoms with E-state index in [0.717, 1.165) is 5.25 Å². The van der Waals surface area contributed by atoms with Crippen LogP contribution < -0.4 is 5.32 Å². The normalized spacial score (nSPS) is 18.4. The van der Waals surface area contributed by atoms with Gasteiger partial charge in [-0.25, -0.2) is 0 Å². The molecular formula is C11H14BrNS. The third-order valence-corrected chi connectivity index (χ3v) is 4.79. The lowest BCUT2D eigenvalue weighted by molar-refractivity contribution is 0.531. The molecule has 0 spiro atoms. The predicted molar refractivity (Wildman–Crippen MR) is 65.9 cm³/mol. The Kier molecular flexibility index (Phi) is 3.90. The van der Waals surface area contributed by atoms with Crippen molar-refractivity contribution in [3.63, 3.8) is 0 Å². The molecule has 0 unspecified atom stereocenters. The van der Waals surface area contributed by atoms with E-state index in [1.54, 1.807) is 0 Å². The summed E-state index contributed by atoms with van der Waals surface area (Å²) in [6, 6.07) is 8.48. The predicted octanol–water partition coefficient (Wildman–Crippen LogP) is 3.29. The number of halogens is 1. The summed E-state index contributed by atoms with van der Waals surface area (Å²) in [5, 5.41) is 4.18. The largest absolute Gasteiger partial charge is 0.317 e. The first kappa shape index (κ1) is 10.5. The summed E-state index contributed by atoms with van der Waals surface area (Å²) >= 11 is 5.59. The van der Waals surface area contributed by atoms with E-state index in [0.29, 0.717) is 0 Å². The van der Waals surface area contributed by atoms with E-state index >= 15 is 0 Å². The van der Waals surface area contributed by atoms with Gasteiger partial charge in [0, 0.05) is 14.6 Å². The van der Waals surface area contributed by atoms with Gasteiger partial charge in [0.2, 0.25) is 0 Å². The van der Waals surface area contributed by atoms with Gasteiger partial charge in [-0.15, -0.1) is 11.8 Å². The van der Waals surface area contributed by atoms with Gasteiger partial charge >= 0.3 is 0 Å². The Morgan fingerprint density at radius 2 is 1.93 bits per heavy atom. The van der Waals surface area contributed by atoms with E-state index in [4.69, 9.17) is 0 Å². The van der Waals surface area contributed by atoms with Crippen LogP contribution in [0.4, 0.5) is 0 Å². The first-order valence-corrected chi connectivity index (χ1v) is 6.65. The molecule has 2 rings (SSSR count). The van der Waals surface area contributed by atoms with Crippen LogP contribution in [0.25, 0.3) is 0 Å². The number of rotatable bonds is 2. The first-order valence-electron chi connectivity index (χ1n) is 4.98. The second-order valence-electron chi connectivity index (χ2n) is 3.50. The van der Waals surface area contributed by atoms with E-state index in [1.807, 2.05) is 11.8 Å². The fourth-order valence-electron chi connectivity index (χ4n) is 1.63. The maximum atomic E-state index is 3.59. The van der Waals surface area contributed by atoms with Crippen molar-refractivity contribution in [2.75, 3.05) is 13.1 Å². The maximum absolute atomic E-state index is 3.59. The second kappa shape index (κ2) is 5.19. The van der Waals surface area contributed by atoms with Crippen LogP contribution in [0.1, 0.15) is 12.8 Å². The van der Waals surface area contributed by atoms with Crippen molar-refractivity contribution in [2.24, 2.45) is 0 Å². The van der Waals surface area contributed by atoms with E-state index in [9.17, 15) is 0 Å². The molecule has 1 N–H and O–H groups in total. The van der Waals surface area contributed by atoms with Gasteiger partial charge in [0.25, 0.3) is 0 Å². The van der Waals surface area contributed by atoms with Gasteiger partial charge in [-0.2, -0.15) is 0 Å². The molecule has 0 atom stereocenters. The zero-order valence-electron chi connectivity index (χ0n) is 8.00. The van der Waals surface area contributed by atoms with Gasteiger partial charge in [0.15, 0.2) is 0 Å². The Hall–Kier alpha value is 0.01000. The summed E-state index contributed by atoms with van der Waals surface area (Å²) in [7, 11) is 0. The minimum Gasteiger partial charge on any atom is -0.317 e. The van der Waals surface area contributed by atoms with Crippen molar-refractivity contribution in [1.29, 1.82) is 0 Å². The SMILES string of the molecule is Brc1ccccc1SC1CCNCC1. The van der Waals surface area contributed by atoms with Crippen LogP contribution in [0.3, 0.4) is 0 Å². The Labute approximate surface area is 97.8 Å². The molecule has 0 aliphatic carbocycles. The third kappa shape index (κ3) is 2.75. The number of hydrogen-bond acceptors (Lipinski definition) is 2. The van der Waals surface area contributed by atoms with Crippen LogP contribution in [0.5, 0.6) is 0 Å². The van der Waals surface area contributed by atoms with Crippen molar-refractivity contribution in [1.82, 2.24) is 5.32 Å². The molecule has 1 heterocycles.